The maximum atomic E-state index is 12.8. The third-order valence-electron chi connectivity index (χ3n) is 4.37. The van der Waals surface area contributed by atoms with Crippen molar-refractivity contribution in [3.8, 4) is 5.69 Å². The Morgan fingerprint density at radius 2 is 1.71 bits per heavy atom. The van der Waals surface area contributed by atoms with E-state index in [4.69, 9.17) is 0 Å². The van der Waals surface area contributed by atoms with E-state index in [9.17, 15) is 4.79 Å². The highest BCUT2D eigenvalue weighted by atomic mass is 16.2. The van der Waals surface area contributed by atoms with Crippen LogP contribution in [0.4, 0.5) is 0 Å². The minimum absolute atomic E-state index is 0.293. The third kappa shape index (κ3) is 3.40. The number of para-hydroxylation sites is 1. The van der Waals surface area contributed by atoms with E-state index >= 15 is 0 Å². The van der Waals surface area contributed by atoms with Gasteiger partial charge in [-0.2, -0.15) is 10.2 Å². The highest BCUT2D eigenvalue weighted by Gasteiger charge is 2.19. The van der Waals surface area contributed by atoms with Crippen molar-refractivity contribution in [1.29, 1.82) is 0 Å². The predicted octanol–water partition coefficient (Wildman–Crippen LogP) is 3.80. The number of nitrogens with zero attached hydrogens (tertiary/aromatic N) is 4. The second kappa shape index (κ2) is 7.44. The second-order valence-corrected chi connectivity index (χ2v) is 6.45. The molecular formula is C22H19N5O. The largest absolute Gasteiger partial charge is 0.272 e. The molecule has 0 radical (unpaired) electrons. The van der Waals surface area contributed by atoms with Gasteiger partial charge in [0.15, 0.2) is 5.65 Å². The van der Waals surface area contributed by atoms with E-state index in [0.717, 1.165) is 28.0 Å². The number of nitrogens with one attached hydrogen (secondary N) is 1. The van der Waals surface area contributed by atoms with Crippen molar-refractivity contribution in [3.05, 3.63) is 89.2 Å². The minimum atomic E-state index is -0.293. The quantitative estimate of drug-likeness (QED) is 0.439. The van der Waals surface area contributed by atoms with Crippen LogP contribution in [0.3, 0.4) is 0 Å². The van der Waals surface area contributed by atoms with Crippen molar-refractivity contribution >= 4 is 23.2 Å². The second-order valence-electron chi connectivity index (χ2n) is 6.45. The number of amides is 1. The van der Waals surface area contributed by atoms with E-state index in [-0.39, 0.29) is 5.91 Å². The Morgan fingerprint density at radius 1 is 1.04 bits per heavy atom. The lowest BCUT2D eigenvalue weighted by atomic mass is 10.1. The number of rotatable bonds is 4. The first-order valence-corrected chi connectivity index (χ1v) is 8.94. The van der Waals surface area contributed by atoms with Crippen LogP contribution in [0.1, 0.15) is 27.3 Å². The normalized spacial score (nSPS) is 11.2. The van der Waals surface area contributed by atoms with Gasteiger partial charge in [-0.3, -0.25) is 4.79 Å². The van der Waals surface area contributed by atoms with Crippen molar-refractivity contribution in [2.45, 2.75) is 13.8 Å². The molecule has 4 rings (SSSR count). The lowest BCUT2D eigenvalue weighted by Crippen LogP contribution is -2.18. The molecule has 1 amide bonds. The molecule has 4 aromatic rings. The van der Waals surface area contributed by atoms with Crippen LogP contribution in [-0.2, 0) is 0 Å². The average molecular weight is 369 g/mol. The average Bonchev–Trinajstić information content (AvgIpc) is 3.05. The minimum Gasteiger partial charge on any atom is -0.267 e. The van der Waals surface area contributed by atoms with Gasteiger partial charge in [0.1, 0.15) is 0 Å². The molecule has 0 bridgehead atoms. The monoisotopic (exact) mass is 369 g/mol. The fourth-order valence-electron chi connectivity index (χ4n) is 3.11. The van der Waals surface area contributed by atoms with Gasteiger partial charge in [0.25, 0.3) is 5.91 Å². The lowest BCUT2D eigenvalue weighted by molar-refractivity contribution is 0.0956. The molecule has 0 atom stereocenters. The zero-order valence-electron chi connectivity index (χ0n) is 15.6. The van der Waals surface area contributed by atoms with E-state index in [1.807, 2.05) is 74.5 Å². The molecule has 0 aliphatic carbocycles. The van der Waals surface area contributed by atoms with Crippen LogP contribution in [0.2, 0.25) is 0 Å². The smallest absolute Gasteiger partial charge is 0.267 e. The Hall–Kier alpha value is -3.80. The fraction of sp³-hybridized carbons (Fsp3) is 0.0909. The maximum absolute atomic E-state index is 12.8. The van der Waals surface area contributed by atoms with E-state index in [2.05, 4.69) is 20.6 Å². The van der Waals surface area contributed by atoms with Gasteiger partial charge >= 0.3 is 0 Å². The topological polar surface area (TPSA) is 72.2 Å². The summed E-state index contributed by atoms with van der Waals surface area (Å²) in [5, 5.41) is 9.41. The molecule has 6 nitrogen and oxygen atoms in total. The number of hydrazone groups is 1. The lowest BCUT2D eigenvalue weighted by Gasteiger charge is -2.06. The molecule has 6 heteroatoms. The predicted molar refractivity (Wildman–Crippen MR) is 110 cm³/mol. The Bertz CT molecular complexity index is 1160. The van der Waals surface area contributed by atoms with Gasteiger partial charge in [-0.15, -0.1) is 0 Å². The summed E-state index contributed by atoms with van der Waals surface area (Å²) in [5.74, 6) is -0.293. The molecule has 2 aromatic carbocycles. The number of hydrogen-bond donors (Lipinski definition) is 1. The Labute approximate surface area is 162 Å². The van der Waals surface area contributed by atoms with Crippen LogP contribution in [-0.4, -0.2) is 26.9 Å². The summed E-state index contributed by atoms with van der Waals surface area (Å²) in [6, 6.07) is 21.1. The molecule has 0 aliphatic heterocycles. The Morgan fingerprint density at radius 3 is 2.43 bits per heavy atom. The first kappa shape index (κ1) is 17.6. The number of hydrogen-bond acceptors (Lipinski definition) is 4. The van der Waals surface area contributed by atoms with E-state index in [1.54, 1.807) is 17.0 Å². The molecule has 0 saturated carbocycles. The molecule has 0 saturated heterocycles. The highest BCUT2D eigenvalue weighted by molar-refractivity contribution is 6.07. The number of pyridine rings is 1. The molecule has 0 unspecified atom stereocenters. The van der Waals surface area contributed by atoms with Gasteiger partial charge in [0, 0.05) is 5.69 Å². The molecule has 2 heterocycles. The first-order valence-electron chi connectivity index (χ1n) is 8.94. The van der Waals surface area contributed by atoms with Crippen molar-refractivity contribution in [3.63, 3.8) is 0 Å². The zero-order valence-corrected chi connectivity index (χ0v) is 15.6. The summed E-state index contributed by atoms with van der Waals surface area (Å²) in [4.78, 5) is 17.4. The molecular weight excluding hydrogens is 350 g/mol. The first-order chi connectivity index (χ1) is 13.6. The number of aryl methyl sites for hydroxylation is 2. The molecule has 1 N–H and O–H groups in total. The van der Waals surface area contributed by atoms with Gasteiger partial charge in [-0.25, -0.2) is 15.1 Å². The van der Waals surface area contributed by atoms with Crippen LogP contribution in [0.5, 0.6) is 0 Å². The number of carbonyl (C=O) groups is 1. The van der Waals surface area contributed by atoms with Gasteiger partial charge in [0.05, 0.1) is 28.5 Å². The van der Waals surface area contributed by atoms with Crippen molar-refractivity contribution in [2.24, 2.45) is 5.10 Å². The summed E-state index contributed by atoms with van der Waals surface area (Å²) in [7, 11) is 0. The summed E-state index contributed by atoms with van der Waals surface area (Å²) in [6.45, 7) is 3.74. The zero-order chi connectivity index (χ0) is 19.5. The van der Waals surface area contributed by atoms with E-state index in [1.165, 1.54) is 0 Å². The molecule has 0 spiro atoms. The van der Waals surface area contributed by atoms with Crippen molar-refractivity contribution < 1.29 is 4.79 Å². The SMILES string of the molecule is Cc1cc(C(=O)N/N=C/c2ccccc2)c2c(C)nn(-c3ccccc3)c2n1. The number of fused-ring (bicyclic) bond motifs is 1. The van der Waals surface area contributed by atoms with Gasteiger partial charge < -0.3 is 0 Å². The summed E-state index contributed by atoms with van der Waals surface area (Å²) in [6.07, 6.45) is 1.61. The molecule has 138 valence electrons. The Kier molecular flexibility index (Phi) is 4.68. The van der Waals surface area contributed by atoms with Crippen molar-refractivity contribution in [1.82, 2.24) is 20.2 Å². The number of benzene rings is 2. The molecule has 2 aromatic heterocycles. The summed E-state index contributed by atoms with van der Waals surface area (Å²) >= 11 is 0. The van der Waals surface area contributed by atoms with E-state index in [0.29, 0.717) is 11.2 Å². The molecule has 0 fully saturated rings. The summed E-state index contributed by atoms with van der Waals surface area (Å²) in [5.41, 5.74) is 7.05. The maximum Gasteiger partial charge on any atom is 0.272 e. The van der Waals surface area contributed by atoms with Gasteiger partial charge in [-0.05, 0) is 37.6 Å². The highest BCUT2D eigenvalue weighted by Crippen LogP contribution is 2.24. The van der Waals surface area contributed by atoms with E-state index < -0.39 is 0 Å². The van der Waals surface area contributed by atoms with Crippen LogP contribution in [0.15, 0.2) is 71.8 Å². The van der Waals surface area contributed by atoms with Crippen LogP contribution in [0.25, 0.3) is 16.7 Å². The number of aromatic nitrogens is 3. The van der Waals surface area contributed by atoms with Crippen molar-refractivity contribution in [2.75, 3.05) is 0 Å². The summed E-state index contributed by atoms with van der Waals surface area (Å²) < 4.78 is 1.77. The van der Waals surface area contributed by atoms with Crippen LogP contribution >= 0.6 is 0 Å². The molecule has 0 aliphatic rings. The number of carbonyl (C=O) groups excluding carboxylic acids is 1. The Balaban J connectivity index is 1.72. The van der Waals surface area contributed by atoms with Gasteiger partial charge in [-0.1, -0.05) is 48.5 Å². The molecule has 28 heavy (non-hydrogen) atoms. The van der Waals surface area contributed by atoms with Crippen LogP contribution < -0.4 is 5.43 Å². The van der Waals surface area contributed by atoms with Crippen LogP contribution in [0, 0.1) is 13.8 Å². The standard InChI is InChI=1S/C22H19N5O/c1-15-13-19(22(28)25-23-14-17-9-5-3-6-10-17)20-16(2)26-27(21(20)24-15)18-11-7-4-8-12-18/h3-14H,1-2H3,(H,25,28)/b23-14+. The van der Waals surface area contributed by atoms with Gasteiger partial charge in [0.2, 0.25) is 0 Å². The third-order valence-corrected chi connectivity index (χ3v) is 4.37. The fourth-order valence-corrected chi connectivity index (χ4v) is 3.11.